The minimum atomic E-state index is -4.14. The molecule has 0 heterocycles. The zero-order valence-electron chi connectivity index (χ0n) is 6.97. The summed E-state index contributed by atoms with van der Waals surface area (Å²) >= 11 is 4.32. The zero-order valence-corrected chi connectivity index (χ0v) is 7.79. The lowest BCUT2D eigenvalue weighted by molar-refractivity contribution is -0.185. The first kappa shape index (κ1) is 10.7. The third-order valence-corrected chi connectivity index (χ3v) is 2.47. The molecule has 0 radical (unpaired) electrons. The highest BCUT2D eigenvalue weighted by Crippen LogP contribution is 2.38. The van der Waals surface area contributed by atoms with Gasteiger partial charge in [-0.25, -0.2) is 4.99 Å². The van der Waals surface area contributed by atoms with Crippen molar-refractivity contribution in [2.45, 2.75) is 37.9 Å². The van der Waals surface area contributed by atoms with Crippen molar-refractivity contribution in [3.05, 3.63) is 0 Å². The van der Waals surface area contributed by atoms with Gasteiger partial charge >= 0.3 is 6.18 Å². The maximum absolute atomic E-state index is 12.4. The lowest BCUT2D eigenvalue weighted by Gasteiger charge is -2.29. The molecule has 0 aliphatic heterocycles. The van der Waals surface area contributed by atoms with Crippen LogP contribution in [0.2, 0.25) is 0 Å². The van der Waals surface area contributed by atoms with E-state index in [1.54, 1.807) is 0 Å². The van der Waals surface area contributed by atoms with Crippen molar-refractivity contribution in [1.82, 2.24) is 0 Å². The third kappa shape index (κ3) is 2.78. The fraction of sp³-hybridized carbons (Fsp3) is 0.875. The Hall–Kier alpha value is -0.410. The van der Waals surface area contributed by atoms with Gasteiger partial charge in [0.1, 0.15) is 0 Å². The highest BCUT2D eigenvalue weighted by Gasteiger charge is 2.45. The molecule has 0 spiro atoms. The molecule has 0 saturated heterocycles. The lowest BCUT2D eigenvalue weighted by atomic mass is 9.84. The Labute approximate surface area is 80.0 Å². The molecule has 1 aliphatic rings. The molecule has 1 aliphatic carbocycles. The van der Waals surface area contributed by atoms with Gasteiger partial charge in [-0.15, -0.1) is 0 Å². The molecule has 74 valence electrons. The summed E-state index contributed by atoms with van der Waals surface area (Å²) in [6.45, 7) is 0. The number of halogens is 3. The van der Waals surface area contributed by atoms with E-state index in [0.29, 0.717) is 12.8 Å². The quantitative estimate of drug-likeness (QED) is 0.477. The van der Waals surface area contributed by atoms with Gasteiger partial charge in [0.05, 0.1) is 17.1 Å². The van der Waals surface area contributed by atoms with Crippen molar-refractivity contribution < 1.29 is 13.2 Å². The van der Waals surface area contributed by atoms with Crippen molar-refractivity contribution in [3.63, 3.8) is 0 Å². The van der Waals surface area contributed by atoms with E-state index in [1.807, 2.05) is 5.16 Å². The molecule has 0 N–H and O–H groups in total. The van der Waals surface area contributed by atoms with Gasteiger partial charge in [0.25, 0.3) is 0 Å². The van der Waals surface area contributed by atoms with Crippen LogP contribution in [0.25, 0.3) is 0 Å². The van der Waals surface area contributed by atoms with E-state index < -0.39 is 18.1 Å². The predicted octanol–water partition coefficient (Wildman–Crippen LogP) is 3.21. The molecule has 0 amide bonds. The largest absolute Gasteiger partial charge is 0.393 e. The summed E-state index contributed by atoms with van der Waals surface area (Å²) in [5, 5.41) is 2.05. The molecule has 13 heavy (non-hydrogen) atoms. The van der Waals surface area contributed by atoms with Crippen LogP contribution in [0.3, 0.4) is 0 Å². The van der Waals surface area contributed by atoms with Gasteiger partial charge in [-0.3, -0.25) is 0 Å². The van der Waals surface area contributed by atoms with Crippen LogP contribution in [0, 0.1) is 5.92 Å². The van der Waals surface area contributed by atoms with Crippen molar-refractivity contribution in [3.8, 4) is 0 Å². The highest BCUT2D eigenvalue weighted by molar-refractivity contribution is 7.78. The van der Waals surface area contributed by atoms with Gasteiger partial charge < -0.3 is 0 Å². The molecule has 1 nitrogen and oxygen atoms in total. The molecule has 0 bridgehead atoms. The van der Waals surface area contributed by atoms with Crippen molar-refractivity contribution in [1.29, 1.82) is 0 Å². The molecular weight excluding hydrogens is 199 g/mol. The van der Waals surface area contributed by atoms with Crippen LogP contribution >= 0.6 is 12.2 Å². The summed E-state index contributed by atoms with van der Waals surface area (Å²) in [6, 6.07) is -0.689. The Kier molecular flexibility index (Phi) is 3.45. The molecular formula is C8H10F3NS. The Balaban J connectivity index is 2.73. The van der Waals surface area contributed by atoms with E-state index in [9.17, 15) is 13.2 Å². The zero-order chi connectivity index (χ0) is 9.90. The van der Waals surface area contributed by atoms with E-state index in [4.69, 9.17) is 0 Å². The Morgan fingerprint density at radius 1 is 1.23 bits per heavy atom. The van der Waals surface area contributed by atoms with Crippen molar-refractivity contribution >= 4 is 17.4 Å². The van der Waals surface area contributed by atoms with Gasteiger partial charge in [-0.2, -0.15) is 13.2 Å². The average molecular weight is 209 g/mol. The van der Waals surface area contributed by atoms with Crippen LogP contribution < -0.4 is 0 Å². The second-order valence-electron chi connectivity index (χ2n) is 3.22. The lowest BCUT2D eigenvalue weighted by Crippen LogP contribution is -2.35. The Bertz CT molecular complexity index is 220. The second-order valence-corrected chi connectivity index (χ2v) is 3.40. The SMILES string of the molecule is FC(F)(F)C1CCCCC1N=C=S. The first-order valence-electron chi connectivity index (χ1n) is 4.19. The first-order chi connectivity index (χ1) is 6.05. The maximum Gasteiger partial charge on any atom is 0.393 e. The molecule has 0 aromatic rings. The number of isothiocyanates is 1. The maximum atomic E-state index is 12.4. The van der Waals surface area contributed by atoms with E-state index in [0.717, 1.165) is 6.42 Å². The Morgan fingerprint density at radius 3 is 2.38 bits per heavy atom. The van der Waals surface area contributed by atoms with Gasteiger partial charge in [0.15, 0.2) is 0 Å². The fourth-order valence-corrected chi connectivity index (χ4v) is 1.85. The van der Waals surface area contributed by atoms with E-state index in [-0.39, 0.29) is 6.42 Å². The van der Waals surface area contributed by atoms with E-state index >= 15 is 0 Å². The normalized spacial score (nSPS) is 29.5. The van der Waals surface area contributed by atoms with Gasteiger partial charge in [-0.05, 0) is 25.1 Å². The highest BCUT2D eigenvalue weighted by atomic mass is 32.1. The van der Waals surface area contributed by atoms with Gasteiger partial charge in [-0.1, -0.05) is 12.8 Å². The van der Waals surface area contributed by atoms with Gasteiger partial charge in [0, 0.05) is 0 Å². The molecule has 1 saturated carbocycles. The minimum Gasteiger partial charge on any atom is -0.229 e. The monoisotopic (exact) mass is 209 g/mol. The second kappa shape index (κ2) is 4.20. The topological polar surface area (TPSA) is 12.4 Å². The number of alkyl halides is 3. The number of nitrogens with zero attached hydrogens (tertiary/aromatic N) is 1. The number of thiocarbonyl (C=S) groups is 1. The van der Waals surface area contributed by atoms with Crippen molar-refractivity contribution in [2.24, 2.45) is 10.9 Å². The molecule has 1 fully saturated rings. The van der Waals surface area contributed by atoms with E-state index in [2.05, 4.69) is 17.2 Å². The molecule has 2 unspecified atom stereocenters. The van der Waals surface area contributed by atoms with Crippen LogP contribution in [0.1, 0.15) is 25.7 Å². The molecule has 1 rings (SSSR count). The first-order valence-corrected chi connectivity index (χ1v) is 4.60. The summed E-state index contributed by atoms with van der Waals surface area (Å²) in [6.07, 6.45) is -2.05. The molecule has 5 heteroatoms. The average Bonchev–Trinajstić information content (AvgIpc) is 2.04. The molecule has 0 aromatic carbocycles. The predicted molar refractivity (Wildman–Crippen MR) is 46.8 cm³/mol. The van der Waals surface area contributed by atoms with Crippen LogP contribution in [0.4, 0.5) is 13.2 Å². The van der Waals surface area contributed by atoms with Crippen LogP contribution in [0.15, 0.2) is 4.99 Å². The number of aliphatic imine (C=N–C) groups is 1. The van der Waals surface area contributed by atoms with Gasteiger partial charge in [0.2, 0.25) is 0 Å². The summed E-state index contributed by atoms with van der Waals surface area (Å²) < 4.78 is 37.2. The summed E-state index contributed by atoms with van der Waals surface area (Å²) in [5.41, 5.74) is 0. The van der Waals surface area contributed by atoms with Crippen LogP contribution in [-0.2, 0) is 0 Å². The van der Waals surface area contributed by atoms with Crippen molar-refractivity contribution in [2.75, 3.05) is 0 Å². The minimum absolute atomic E-state index is 0.175. The number of rotatable bonds is 1. The summed E-state index contributed by atoms with van der Waals surface area (Å²) in [7, 11) is 0. The number of hydrogen-bond donors (Lipinski definition) is 0. The standard InChI is InChI=1S/C8H10F3NS/c9-8(10,11)6-3-1-2-4-7(6)12-5-13/h6-7H,1-4H2. The molecule has 2 atom stereocenters. The summed E-state index contributed by atoms with van der Waals surface area (Å²) in [4.78, 5) is 3.58. The van der Waals surface area contributed by atoms with E-state index in [1.165, 1.54) is 0 Å². The number of hydrogen-bond acceptors (Lipinski definition) is 2. The summed E-state index contributed by atoms with van der Waals surface area (Å²) in [5.74, 6) is -1.31. The fourth-order valence-electron chi connectivity index (χ4n) is 1.72. The van der Waals surface area contributed by atoms with Crippen LogP contribution in [0.5, 0.6) is 0 Å². The Morgan fingerprint density at radius 2 is 1.85 bits per heavy atom. The smallest absolute Gasteiger partial charge is 0.229 e. The van der Waals surface area contributed by atoms with Crippen LogP contribution in [-0.4, -0.2) is 17.4 Å². The third-order valence-electron chi connectivity index (χ3n) is 2.37. The molecule has 0 aromatic heterocycles.